The van der Waals surface area contributed by atoms with Crippen molar-refractivity contribution in [3.63, 3.8) is 0 Å². The minimum absolute atomic E-state index is 0. The highest BCUT2D eigenvalue weighted by Crippen LogP contribution is 2.33. The van der Waals surface area contributed by atoms with E-state index in [0.717, 1.165) is 30.4 Å². The van der Waals surface area contributed by atoms with E-state index >= 15 is 0 Å². The van der Waals surface area contributed by atoms with Crippen LogP contribution in [0.15, 0.2) is 58.7 Å². The second-order valence-electron chi connectivity index (χ2n) is 7.69. The van der Waals surface area contributed by atoms with Crippen LogP contribution < -0.4 is 5.73 Å². The monoisotopic (exact) mass is 443 g/mol. The topological polar surface area (TPSA) is 26.0 Å². The number of aryl methyl sites for hydroxylation is 1. The number of rotatable bonds is 7. The fourth-order valence-electron chi connectivity index (χ4n) is 3.28. The van der Waals surface area contributed by atoms with Gasteiger partial charge < -0.3 is 5.73 Å². The van der Waals surface area contributed by atoms with Crippen molar-refractivity contribution < 1.29 is 4.39 Å². The lowest BCUT2D eigenvalue weighted by atomic mass is 9.85. The van der Waals surface area contributed by atoms with Crippen LogP contribution in [0.2, 0.25) is 0 Å². The molecule has 0 aliphatic heterocycles. The Kier molecular flexibility index (Phi) is 18.8. The van der Waals surface area contributed by atoms with Crippen molar-refractivity contribution in [2.24, 2.45) is 5.73 Å². The fraction of sp³-hybridized carbons (Fsp3) is 0.533. The summed E-state index contributed by atoms with van der Waals surface area (Å²) >= 11 is 0. The smallest absolute Gasteiger partial charge is 0.126 e. The summed E-state index contributed by atoms with van der Waals surface area (Å²) in [4.78, 5) is 0. The van der Waals surface area contributed by atoms with Crippen molar-refractivity contribution in [2.75, 3.05) is 6.54 Å². The molecule has 1 nitrogen and oxygen atoms in total. The van der Waals surface area contributed by atoms with Gasteiger partial charge in [0.1, 0.15) is 5.82 Å². The standard InChI is InChI=1S/C23H30FN.C4H10.C2H6.CH4/c1-5-7-8-22(20-10-9-16(3)21(14-20)15-25)17(4)19-11-12-23(24)18(6-2)13-19;1-3-4-2;1-2;/h7-8,11-14H,5-6,9-10,15,25H2,1-4H3;3-4H2,1-2H3;1-2H3;1H4/b8-7-,22-17-;;;. The normalized spacial score (nSPS) is 13.9. The highest BCUT2D eigenvalue weighted by Gasteiger charge is 2.15. The Morgan fingerprint density at radius 2 is 1.69 bits per heavy atom. The Morgan fingerprint density at radius 3 is 2.19 bits per heavy atom. The van der Waals surface area contributed by atoms with Gasteiger partial charge in [-0.1, -0.05) is 91.7 Å². The molecule has 0 atom stereocenters. The molecule has 1 aliphatic rings. The molecule has 0 fully saturated rings. The van der Waals surface area contributed by atoms with E-state index in [-0.39, 0.29) is 13.2 Å². The third-order valence-electron chi connectivity index (χ3n) is 5.52. The van der Waals surface area contributed by atoms with Gasteiger partial charge in [-0.25, -0.2) is 4.39 Å². The molecular formula is C30H50FN. The van der Waals surface area contributed by atoms with Gasteiger partial charge in [-0.15, -0.1) is 0 Å². The number of allylic oxidation sites excluding steroid dienone is 6. The Hall–Kier alpha value is -1.93. The van der Waals surface area contributed by atoms with Gasteiger partial charge in [-0.05, 0) is 85.1 Å². The average molecular weight is 444 g/mol. The van der Waals surface area contributed by atoms with Gasteiger partial charge in [0.25, 0.3) is 0 Å². The summed E-state index contributed by atoms with van der Waals surface area (Å²) in [7, 11) is 0. The summed E-state index contributed by atoms with van der Waals surface area (Å²) in [6, 6.07) is 5.46. The van der Waals surface area contributed by atoms with Crippen LogP contribution in [0.4, 0.5) is 4.39 Å². The molecule has 0 bridgehead atoms. The van der Waals surface area contributed by atoms with Gasteiger partial charge in [0.15, 0.2) is 0 Å². The maximum atomic E-state index is 13.9. The van der Waals surface area contributed by atoms with E-state index < -0.39 is 0 Å². The molecule has 2 heteroatoms. The second-order valence-corrected chi connectivity index (χ2v) is 7.69. The molecule has 182 valence electrons. The zero-order chi connectivity index (χ0) is 23.8. The van der Waals surface area contributed by atoms with Gasteiger partial charge >= 0.3 is 0 Å². The van der Waals surface area contributed by atoms with Crippen molar-refractivity contribution in [1.29, 1.82) is 0 Å². The van der Waals surface area contributed by atoms with E-state index in [2.05, 4.69) is 52.8 Å². The van der Waals surface area contributed by atoms with E-state index in [1.54, 1.807) is 6.07 Å². The van der Waals surface area contributed by atoms with Gasteiger partial charge in [-0.3, -0.25) is 0 Å². The van der Waals surface area contributed by atoms with Gasteiger partial charge in [0.2, 0.25) is 0 Å². The number of benzene rings is 1. The van der Waals surface area contributed by atoms with Crippen molar-refractivity contribution in [2.45, 2.75) is 101 Å². The molecule has 0 heterocycles. The van der Waals surface area contributed by atoms with Crippen LogP contribution in [0.5, 0.6) is 0 Å². The molecule has 2 N–H and O–H groups in total. The third-order valence-corrected chi connectivity index (χ3v) is 5.52. The van der Waals surface area contributed by atoms with Crippen LogP contribution >= 0.6 is 0 Å². The van der Waals surface area contributed by atoms with Gasteiger partial charge in [0.05, 0.1) is 0 Å². The number of halogens is 1. The molecule has 1 aromatic carbocycles. The molecule has 1 aromatic rings. The number of nitrogens with two attached hydrogens (primary N) is 1. The molecule has 0 unspecified atom stereocenters. The van der Waals surface area contributed by atoms with Crippen LogP contribution in [0, 0.1) is 5.82 Å². The predicted octanol–water partition coefficient (Wildman–Crippen LogP) is 9.59. The SMILES string of the molecule is C.CC.CC/C=C\C(C1=CC(CN)=C(C)CC1)=C(/C)c1ccc(F)c(CC)c1.CCCC. The minimum Gasteiger partial charge on any atom is -0.326 e. The summed E-state index contributed by atoms with van der Waals surface area (Å²) < 4.78 is 13.9. The van der Waals surface area contributed by atoms with Crippen molar-refractivity contribution >= 4 is 5.57 Å². The Morgan fingerprint density at radius 1 is 1.06 bits per heavy atom. The molecule has 0 saturated heterocycles. The maximum Gasteiger partial charge on any atom is 0.126 e. The van der Waals surface area contributed by atoms with Crippen molar-refractivity contribution in [1.82, 2.24) is 0 Å². The summed E-state index contributed by atoms with van der Waals surface area (Å²) in [6.45, 7) is 17.4. The first kappa shape index (κ1) is 32.3. The number of hydrogen-bond acceptors (Lipinski definition) is 1. The number of hydrogen-bond donors (Lipinski definition) is 1. The molecule has 0 amide bonds. The quantitative estimate of drug-likeness (QED) is 0.417. The highest BCUT2D eigenvalue weighted by molar-refractivity contribution is 5.74. The first-order chi connectivity index (χ1) is 14.9. The Labute approximate surface area is 199 Å². The highest BCUT2D eigenvalue weighted by atomic mass is 19.1. The van der Waals surface area contributed by atoms with Crippen LogP contribution in [-0.4, -0.2) is 6.54 Å². The lowest BCUT2D eigenvalue weighted by Gasteiger charge is -2.20. The Bertz CT molecular complexity index is 776. The van der Waals surface area contributed by atoms with E-state index in [9.17, 15) is 4.39 Å². The molecule has 2 rings (SSSR count). The van der Waals surface area contributed by atoms with Crippen LogP contribution in [-0.2, 0) is 6.42 Å². The van der Waals surface area contributed by atoms with Crippen molar-refractivity contribution in [3.8, 4) is 0 Å². The van der Waals surface area contributed by atoms with Crippen LogP contribution in [0.3, 0.4) is 0 Å². The van der Waals surface area contributed by atoms with Gasteiger partial charge in [-0.2, -0.15) is 0 Å². The molecule has 0 spiro atoms. The third kappa shape index (κ3) is 10.1. The maximum absolute atomic E-state index is 13.9. The predicted molar refractivity (Wildman–Crippen MR) is 146 cm³/mol. The van der Waals surface area contributed by atoms with E-state index in [4.69, 9.17) is 5.73 Å². The van der Waals surface area contributed by atoms with E-state index in [0.29, 0.717) is 13.0 Å². The van der Waals surface area contributed by atoms with Gasteiger partial charge in [0, 0.05) is 6.54 Å². The molecule has 0 aromatic heterocycles. The average Bonchev–Trinajstić information content (AvgIpc) is 2.81. The first-order valence-corrected chi connectivity index (χ1v) is 12.2. The lowest BCUT2D eigenvalue weighted by molar-refractivity contribution is 0.612. The van der Waals surface area contributed by atoms with Crippen molar-refractivity contribution in [3.05, 3.63) is 75.7 Å². The van der Waals surface area contributed by atoms with E-state index in [1.807, 2.05) is 32.9 Å². The van der Waals surface area contributed by atoms with Crippen LogP contribution in [0.1, 0.15) is 106 Å². The zero-order valence-electron chi connectivity index (χ0n) is 21.4. The molecule has 0 saturated carbocycles. The second kappa shape index (κ2) is 18.6. The summed E-state index contributed by atoms with van der Waals surface area (Å²) in [6.07, 6.45) is 13.1. The molecule has 32 heavy (non-hydrogen) atoms. The van der Waals surface area contributed by atoms with E-state index in [1.165, 1.54) is 40.7 Å². The largest absolute Gasteiger partial charge is 0.326 e. The number of unbranched alkanes of at least 4 members (excludes halogenated alkanes) is 1. The molecular weight excluding hydrogens is 393 g/mol. The lowest BCUT2D eigenvalue weighted by Crippen LogP contribution is -2.08. The molecule has 1 aliphatic carbocycles. The zero-order valence-corrected chi connectivity index (χ0v) is 21.4. The fourth-order valence-corrected chi connectivity index (χ4v) is 3.28. The Balaban J connectivity index is 0. The van der Waals surface area contributed by atoms with Crippen LogP contribution in [0.25, 0.3) is 5.57 Å². The molecule has 0 radical (unpaired) electrons. The summed E-state index contributed by atoms with van der Waals surface area (Å²) in [5.41, 5.74) is 14.2. The minimum atomic E-state index is -0.120. The summed E-state index contributed by atoms with van der Waals surface area (Å²) in [5, 5.41) is 0. The first-order valence-electron chi connectivity index (χ1n) is 12.2. The summed E-state index contributed by atoms with van der Waals surface area (Å²) in [5.74, 6) is -0.120.